The zero-order valence-corrected chi connectivity index (χ0v) is 12.9. The summed E-state index contributed by atoms with van der Waals surface area (Å²) < 4.78 is 45.2. The highest BCUT2D eigenvalue weighted by Crippen LogP contribution is 2.24. The Morgan fingerprint density at radius 1 is 1.33 bits per heavy atom. The van der Waals surface area contributed by atoms with E-state index in [1.165, 1.54) is 31.2 Å². The standard InChI is InChI=1S/C15H20FNO3S/c1-20-14-8-7-13(16)11-15(14)21(18,19)17-10-9-12-5-3-2-4-6-12/h5,7-8,11,17H,2-4,6,9-10H2,1H3. The lowest BCUT2D eigenvalue weighted by molar-refractivity contribution is 0.400. The van der Waals surface area contributed by atoms with Crippen LogP contribution in [0.3, 0.4) is 0 Å². The van der Waals surface area contributed by atoms with Crippen molar-refractivity contribution in [2.75, 3.05) is 13.7 Å². The Labute approximate surface area is 125 Å². The molecule has 0 heterocycles. The van der Waals surface area contributed by atoms with Crippen LogP contribution in [0.5, 0.6) is 5.75 Å². The molecule has 1 aliphatic carbocycles. The summed E-state index contributed by atoms with van der Waals surface area (Å²) in [6.45, 7) is 0.313. The molecule has 1 aromatic rings. The molecule has 1 aliphatic rings. The molecule has 2 rings (SSSR count). The van der Waals surface area contributed by atoms with Crippen LogP contribution in [0.2, 0.25) is 0 Å². The maximum Gasteiger partial charge on any atom is 0.244 e. The SMILES string of the molecule is COc1ccc(F)cc1S(=O)(=O)NCCC1=CCCCC1. The molecule has 0 fully saturated rings. The van der Waals surface area contributed by atoms with Crippen LogP contribution in [0.1, 0.15) is 32.1 Å². The molecule has 0 atom stereocenters. The van der Waals surface area contributed by atoms with Crippen molar-refractivity contribution < 1.29 is 17.5 Å². The molecule has 0 aliphatic heterocycles. The smallest absolute Gasteiger partial charge is 0.244 e. The van der Waals surface area contributed by atoms with Crippen LogP contribution >= 0.6 is 0 Å². The van der Waals surface area contributed by atoms with Crippen LogP contribution in [0.15, 0.2) is 34.7 Å². The Kier molecular flexibility index (Phi) is 5.36. The van der Waals surface area contributed by atoms with Crippen molar-refractivity contribution in [3.8, 4) is 5.75 Å². The topological polar surface area (TPSA) is 55.4 Å². The Hall–Kier alpha value is -1.40. The second-order valence-corrected chi connectivity index (χ2v) is 6.79. The molecule has 6 heteroatoms. The van der Waals surface area contributed by atoms with E-state index in [2.05, 4.69) is 10.8 Å². The molecule has 0 amide bonds. The number of hydrogen-bond donors (Lipinski definition) is 1. The van der Waals surface area contributed by atoms with E-state index < -0.39 is 15.8 Å². The number of sulfonamides is 1. The fraction of sp³-hybridized carbons (Fsp3) is 0.467. The molecule has 0 radical (unpaired) electrons. The molecule has 0 saturated carbocycles. The number of methoxy groups -OCH3 is 1. The summed E-state index contributed by atoms with van der Waals surface area (Å²) in [4.78, 5) is -0.164. The minimum absolute atomic E-state index is 0.140. The van der Waals surface area contributed by atoms with Gasteiger partial charge in [-0.3, -0.25) is 0 Å². The highest BCUT2D eigenvalue weighted by Gasteiger charge is 2.20. The Bertz CT molecular complexity index is 626. The average Bonchev–Trinajstić information content (AvgIpc) is 2.48. The molecule has 0 unspecified atom stereocenters. The van der Waals surface area contributed by atoms with Crippen molar-refractivity contribution in [1.29, 1.82) is 0 Å². The van der Waals surface area contributed by atoms with Crippen molar-refractivity contribution in [3.05, 3.63) is 35.7 Å². The zero-order valence-electron chi connectivity index (χ0n) is 12.1. The van der Waals surface area contributed by atoms with Gasteiger partial charge in [-0.2, -0.15) is 0 Å². The number of halogens is 1. The lowest BCUT2D eigenvalue weighted by Gasteiger charge is -2.14. The van der Waals surface area contributed by atoms with Crippen LogP contribution in [-0.2, 0) is 10.0 Å². The fourth-order valence-corrected chi connectivity index (χ4v) is 3.63. The quantitative estimate of drug-likeness (QED) is 0.821. The number of rotatable bonds is 6. The predicted octanol–water partition coefficient (Wildman–Crippen LogP) is 3.00. The first-order valence-corrected chi connectivity index (χ1v) is 8.52. The second-order valence-electron chi connectivity index (χ2n) is 5.05. The van der Waals surface area contributed by atoms with Gasteiger partial charge in [0.15, 0.2) is 0 Å². The third kappa shape index (κ3) is 4.28. The summed E-state index contributed by atoms with van der Waals surface area (Å²) in [6, 6.07) is 3.46. The maximum absolute atomic E-state index is 13.3. The summed E-state index contributed by atoms with van der Waals surface area (Å²) >= 11 is 0. The fourth-order valence-electron chi connectivity index (χ4n) is 2.42. The highest BCUT2D eigenvalue weighted by molar-refractivity contribution is 7.89. The third-order valence-corrected chi connectivity index (χ3v) is 5.02. The number of allylic oxidation sites excluding steroid dienone is 1. The summed E-state index contributed by atoms with van der Waals surface area (Å²) in [5.74, 6) is -0.466. The van der Waals surface area contributed by atoms with Crippen LogP contribution < -0.4 is 9.46 Å². The predicted molar refractivity (Wildman–Crippen MR) is 79.3 cm³/mol. The van der Waals surface area contributed by atoms with E-state index in [1.807, 2.05) is 0 Å². The van der Waals surface area contributed by atoms with Crippen molar-refractivity contribution >= 4 is 10.0 Å². The summed E-state index contributed by atoms with van der Waals surface area (Å²) in [5, 5.41) is 0. The second kappa shape index (κ2) is 7.04. The highest BCUT2D eigenvalue weighted by atomic mass is 32.2. The van der Waals surface area contributed by atoms with Gasteiger partial charge in [0.1, 0.15) is 16.5 Å². The first kappa shape index (κ1) is 16.0. The summed E-state index contributed by atoms with van der Waals surface area (Å²) in [7, 11) is -2.41. The molecule has 4 nitrogen and oxygen atoms in total. The number of hydrogen-bond acceptors (Lipinski definition) is 3. The molecular weight excluding hydrogens is 293 g/mol. The number of nitrogens with one attached hydrogen (secondary N) is 1. The van der Waals surface area contributed by atoms with Gasteiger partial charge in [0, 0.05) is 6.54 Å². The van der Waals surface area contributed by atoms with Gasteiger partial charge < -0.3 is 4.74 Å². The maximum atomic E-state index is 13.3. The van der Waals surface area contributed by atoms with Gasteiger partial charge in [-0.1, -0.05) is 11.6 Å². The normalized spacial score (nSPS) is 15.6. The van der Waals surface area contributed by atoms with Crippen molar-refractivity contribution in [2.45, 2.75) is 37.0 Å². The van der Waals surface area contributed by atoms with E-state index in [-0.39, 0.29) is 10.6 Å². The Morgan fingerprint density at radius 2 is 2.14 bits per heavy atom. The molecule has 0 aromatic heterocycles. The first-order valence-electron chi connectivity index (χ1n) is 7.04. The molecule has 1 aromatic carbocycles. The van der Waals surface area contributed by atoms with Gasteiger partial charge in [-0.25, -0.2) is 17.5 Å². The van der Waals surface area contributed by atoms with Gasteiger partial charge in [-0.15, -0.1) is 0 Å². The van der Waals surface area contributed by atoms with Gasteiger partial charge in [0.05, 0.1) is 7.11 Å². The van der Waals surface area contributed by atoms with E-state index in [0.29, 0.717) is 13.0 Å². The molecule has 0 saturated heterocycles. The summed E-state index contributed by atoms with van der Waals surface area (Å²) in [6.07, 6.45) is 7.34. The van der Waals surface area contributed by atoms with Gasteiger partial charge >= 0.3 is 0 Å². The Morgan fingerprint density at radius 3 is 2.81 bits per heavy atom. The number of benzene rings is 1. The minimum Gasteiger partial charge on any atom is -0.495 e. The average molecular weight is 313 g/mol. The van der Waals surface area contributed by atoms with Gasteiger partial charge in [0.2, 0.25) is 10.0 Å². The molecular formula is C15H20FNO3S. The molecule has 0 spiro atoms. The van der Waals surface area contributed by atoms with E-state index in [4.69, 9.17) is 4.74 Å². The molecule has 0 bridgehead atoms. The van der Waals surface area contributed by atoms with E-state index >= 15 is 0 Å². The van der Waals surface area contributed by atoms with E-state index in [1.54, 1.807) is 0 Å². The minimum atomic E-state index is -3.77. The molecule has 116 valence electrons. The molecule has 1 N–H and O–H groups in total. The van der Waals surface area contributed by atoms with E-state index in [0.717, 1.165) is 25.3 Å². The zero-order chi connectivity index (χ0) is 15.3. The van der Waals surface area contributed by atoms with E-state index in [9.17, 15) is 12.8 Å². The van der Waals surface area contributed by atoms with Crippen molar-refractivity contribution in [1.82, 2.24) is 4.72 Å². The lowest BCUT2D eigenvalue weighted by Crippen LogP contribution is -2.25. The third-order valence-electron chi connectivity index (χ3n) is 3.54. The summed E-state index contributed by atoms with van der Waals surface area (Å²) in [5.41, 5.74) is 1.29. The Balaban J connectivity index is 2.04. The first-order chi connectivity index (χ1) is 10.0. The molecule has 21 heavy (non-hydrogen) atoms. The van der Waals surface area contributed by atoms with Crippen LogP contribution in [0.4, 0.5) is 4.39 Å². The van der Waals surface area contributed by atoms with Crippen LogP contribution in [0.25, 0.3) is 0 Å². The van der Waals surface area contributed by atoms with Crippen LogP contribution in [-0.4, -0.2) is 22.1 Å². The van der Waals surface area contributed by atoms with Gasteiger partial charge in [-0.05, 0) is 50.3 Å². The van der Waals surface area contributed by atoms with Crippen molar-refractivity contribution in [3.63, 3.8) is 0 Å². The van der Waals surface area contributed by atoms with Crippen molar-refractivity contribution in [2.24, 2.45) is 0 Å². The van der Waals surface area contributed by atoms with Crippen LogP contribution in [0, 0.1) is 5.82 Å². The number of ether oxygens (including phenoxy) is 1. The van der Waals surface area contributed by atoms with Gasteiger partial charge in [0.25, 0.3) is 0 Å². The lowest BCUT2D eigenvalue weighted by atomic mass is 9.97. The largest absolute Gasteiger partial charge is 0.495 e. The monoisotopic (exact) mass is 313 g/mol.